The molecule has 2 heterocycles. The number of pyridine rings is 1. The number of esters is 1. The van der Waals surface area contributed by atoms with Gasteiger partial charge in [-0.3, -0.25) is 14.6 Å². The van der Waals surface area contributed by atoms with E-state index < -0.39 is 17.7 Å². The van der Waals surface area contributed by atoms with Crippen LogP contribution in [0, 0.1) is 12.7 Å². The highest BCUT2D eigenvalue weighted by Crippen LogP contribution is 2.35. The second kappa shape index (κ2) is 11.0. The molecule has 2 aromatic heterocycles. The molecule has 9 heteroatoms. The van der Waals surface area contributed by atoms with Gasteiger partial charge in [0.2, 0.25) is 5.91 Å². The number of aromatic nitrogens is 1. The van der Waals surface area contributed by atoms with E-state index in [0.717, 1.165) is 16.9 Å². The van der Waals surface area contributed by atoms with Gasteiger partial charge in [-0.05, 0) is 61.2 Å². The van der Waals surface area contributed by atoms with Crippen LogP contribution in [-0.2, 0) is 9.53 Å². The van der Waals surface area contributed by atoms with Gasteiger partial charge in [0.15, 0.2) is 0 Å². The molecule has 1 aromatic carbocycles. The molecule has 0 radical (unpaired) electrons. The van der Waals surface area contributed by atoms with E-state index in [1.165, 1.54) is 19.2 Å². The maximum absolute atomic E-state index is 13.3. The molecule has 3 aromatic rings. The minimum absolute atomic E-state index is 0.136. The fourth-order valence-corrected chi connectivity index (χ4v) is 4.73. The highest BCUT2D eigenvalue weighted by atomic mass is 32.1. The number of hydrogen-bond donors (Lipinski definition) is 2. The van der Waals surface area contributed by atoms with Gasteiger partial charge in [0, 0.05) is 12.4 Å². The van der Waals surface area contributed by atoms with Gasteiger partial charge in [-0.2, -0.15) is 0 Å². The predicted octanol–water partition coefficient (Wildman–Crippen LogP) is 5.00. The molecule has 7 nitrogen and oxygen atoms in total. The van der Waals surface area contributed by atoms with Crippen molar-refractivity contribution in [3.63, 3.8) is 0 Å². The molecule has 2 N–H and O–H groups in total. The Bertz CT molecular complexity index is 1180. The first-order valence-electron chi connectivity index (χ1n) is 10.8. The summed E-state index contributed by atoms with van der Waals surface area (Å²) in [6, 6.07) is 9.03. The van der Waals surface area contributed by atoms with Crippen molar-refractivity contribution in [2.45, 2.75) is 39.2 Å². The summed E-state index contributed by atoms with van der Waals surface area (Å²) in [4.78, 5) is 42.9. The normalized spacial score (nSPS) is 12.5. The third-order valence-corrected chi connectivity index (χ3v) is 6.74. The van der Waals surface area contributed by atoms with Gasteiger partial charge in [0.1, 0.15) is 10.8 Å². The zero-order valence-electron chi connectivity index (χ0n) is 19.3. The molecule has 2 amide bonds. The average Bonchev–Trinajstić information content (AvgIpc) is 3.16. The molecule has 0 aliphatic carbocycles. The Morgan fingerprint density at radius 2 is 1.74 bits per heavy atom. The maximum Gasteiger partial charge on any atom is 0.341 e. The van der Waals surface area contributed by atoms with Crippen LogP contribution in [-0.4, -0.2) is 29.9 Å². The van der Waals surface area contributed by atoms with Crippen LogP contribution in [0.25, 0.3) is 0 Å². The van der Waals surface area contributed by atoms with Crippen LogP contribution in [0.3, 0.4) is 0 Å². The molecule has 0 aliphatic heterocycles. The van der Waals surface area contributed by atoms with Crippen LogP contribution in [0.15, 0.2) is 48.8 Å². The van der Waals surface area contributed by atoms with Crippen molar-refractivity contribution in [3.05, 3.63) is 81.7 Å². The molecule has 178 valence electrons. The number of rotatable bonds is 8. The zero-order valence-corrected chi connectivity index (χ0v) is 20.2. The lowest BCUT2D eigenvalue weighted by molar-refractivity contribution is -0.117. The van der Waals surface area contributed by atoms with Crippen molar-refractivity contribution in [3.8, 4) is 0 Å². The second-order valence-corrected chi connectivity index (χ2v) is 8.75. The van der Waals surface area contributed by atoms with Gasteiger partial charge in [-0.25, -0.2) is 9.18 Å². The minimum atomic E-state index is -0.653. The van der Waals surface area contributed by atoms with Gasteiger partial charge < -0.3 is 15.4 Å². The molecule has 34 heavy (non-hydrogen) atoms. The monoisotopic (exact) mass is 483 g/mol. The van der Waals surface area contributed by atoms with E-state index in [0.29, 0.717) is 22.4 Å². The third-order valence-electron chi connectivity index (χ3n) is 5.53. The molecule has 2 atom stereocenters. The smallest absolute Gasteiger partial charge is 0.341 e. The van der Waals surface area contributed by atoms with Crippen molar-refractivity contribution in [2.24, 2.45) is 0 Å². The van der Waals surface area contributed by atoms with Crippen LogP contribution >= 0.6 is 11.3 Å². The third kappa shape index (κ3) is 5.48. The number of amides is 2. The van der Waals surface area contributed by atoms with Crippen molar-refractivity contribution in [2.75, 3.05) is 12.4 Å². The largest absolute Gasteiger partial charge is 0.465 e. The fourth-order valence-electron chi connectivity index (χ4n) is 3.63. The summed E-state index contributed by atoms with van der Waals surface area (Å²) in [5, 5.41) is 5.93. The first kappa shape index (κ1) is 25.0. The number of halogens is 1. The molecule has 0 saturated heterocycles. The standard InChI is InChI=1S/C25H26FN3O4S/c1-5-19(17-6-8-18(26)9-7-17)22(30)29-24-20(25(32)33-4)14(2)21(34-24)23(31)28-15(3)16-10-12-27-13-11-16/h6-13,15,19H,5H2,1-4H3,(H,28,31)(H,29,30). The van der Waals surface area contributed by atoms with Crippen LogP contribution in [0.2, 0.25) is 0 Å². The molecule has 0 fully saturated rings. The van der Waals surface area contributed by atoms with E-state index in [1.54, 1.807) is 43.6 Å². The molecule has 0 spiro atoms. The van der Waals surface area contributed by atoms with E-state index in [4.69, 9.17) is 4.74 Å². The van der Waals surface area contributed by atoms with Crippen LogP contribution in [0.1, 0.15) is 68.9 Å². The number of nitrogens with zero attached hydrogens (tertiary/aromatic N) is 1. The van der Waals surface area contributed by atoms with Crippen LogP contribution in [0.4, 0.5) is 9.39 Å². The summed E-state index contributed by atoms with van der Waals surface area (Å²) >= 11 is 1.01. The highest BCUT2D eigenvalue weighted by molar-refractivity contribution is 7.18. The molecular formula is C25H26FN3O4S. The van der Waals surface area contributed by atoms with Crippen molar-refractivity contribution >= 4 is 34.1 Å². The van der Waals surface area contributed by atoms with Crippen molar-refractivity contribution in [1.29, 1.82) is 0 Å². The van der Waals surface area contributed by atoms with E-state index in [9.17, 15) is 18.8 Å². The molecule has 0 aliphatic rings. The summed E-state index contributed by atoms with van der Waals surface area (Å²) in [5.41, 5.74) is 2.08. The minimum Gasteiger partial charge on any atom is -0.465 e. The number of ether oxygens (including phenoxy) is 1. The predicted molar refractivity (Wildman–Crippen MR) is 129 cm³/mol. The lowest BCUT2D eigenvalue weighted by atomic mass is 9.95. The van der Waals surface area contributed by atoms with E-state index >= 15 is 0 Å². The van der Waals surface area contributed by atoms with Crippen LogP contribution < -0.4 is 10.6 Å². The van der Waals surface area contributed by atoms with Crippen molar-refractivity contribution in [1.82, 2.24) is 10.3 Å². The van der Waals surface area contributed by atoms with Gasteiger partial charge in [-0.15, -0.1) is 11.3 Å². The molecule has 0 bridgehead atoms. The zero-order chi connectivity index (χ0) is 24.8. The quantitative estimate of drug-likeness (QED) is 0.440. The Balaban J connectivity index is 1.89. The van der Waals surface area contributed by atoms with Gasteiger partial charge in [0.25, 0.3) is 5.91 Å². The van der Waals surface area contributed by atoms with Crippen LogP contribution in [0.5, 0.6) is 0 Å². The lowest BCUT2D eigenvalue weighted by Gasteiger charge is -2.15. The number of carbonyl (C=O) groups excluding carboxylic acids is 3. The Morgan fingerprint density at radius 1 is 1.09 bits per heavy atom. The number of thiophene rings is 1. The average molecular weight is 484 g/mol. The summed E-state index contributed by atoms with van der Waals surface area (Å²) in [7, 11) is 1.24. The Kier molecular flexibility index (Phi) is 8.12. The molecule has 3 rings (SSSR count). The number of nitrogens with one attached hydrogen (secondary N) is 2. The van der Waals surface area contributed by atoms with Gasteiger partial charge >= 0.3 is 5.97 Å². The molecule has 0 saturated carbocycles. The number of benzene rings is 1. The number of hydrogen-bond acceptors (Lipinski definition) is 6. The molecular weight excluding hydrogens is 457 g/mol. The Morgan fingerprint density at radius 3 is 2.32 bits per heavy atom. The summed E-state index contributed by atoms with van der Waals surface area (Å²) in [5.74, 6) is -2.34. The van der Waals surface area contributed by atoms with E-state index in [1.807, 2.05) is 13.8 Å². The maximum atomic E-state index is 13.3. The lowest BCUT2D eigenvalue weighted by Crippen LogP contribution is -2.26. The first-order valence-corrected chi connectivity index (χ1v) is 11.6. The Labute approximate surface area is 201 Å². The van der Waals surface area contributed by atoms with E-state index in [-0.39, 0.29) is 28.4 Å². The van der Waals surface area contributed by atoms with Gasteiger partial charge in [-0.1, -0.05) is 19.1 Å². The van der Waals surface area contributed by atoms with Crippen molar-refractivity contribution < 1.29 is 23.5 Å². The number of carbonyl (C=O) groups is 3. The number of methoxy groups -OCH3 is 1. The summed E-state index contributed by atoms with van der Waals surface area (Å²) in [6.07, 6.45) is 3.75. The summed E-state index contributed by atoms with van der Waals surface area (Å²) < 4.78 is 18.2. The van der Waals surface area contributed by atoms with E-state index in [2.05, 4.69) is 15.6 Å². The fraction of sp³-hybridized carbons (Fsp3) is 0.280. The summed E-state index contributed by atoms with van der Waals surface area (Å²) in [6.45, 7) is 5.32. The first-order chi connectivity index (χ1) is 16.3. The highest BCUT2D eigenvalue weighted by Gasteiger charge is 2.29. The molecule has 2 unspecified atom stereocenters. The SMILES string of the molecule is CCC(C(=O)Nc1sc(C(=O)NC(C)c2ccncc2)c(C)c1C(=O)OC)c1ccc(F)cc1. The Hall–Kier alpha value is -3.59. The topological polar surface area (TPSA) is 97.4 Å². The number of anilines is 1. The second-order valence-electron chi connectivity index (χ2n) is 7.73. The van der Waals surface area contributed by atoms with Gasteiger partial charge in [0.05, 0.1) is 29.5 Å².